The first-order valence-electron chi connectivity index (χ1n) is 5.95. The number of hydrogen-bond donors (Lipinski definition) is 0. The highest BCUT2D eigenvalue weighted by Gasteiger charge is 2.47. The van der Waals surface area contributed by atoms with Crippen molar-refractivity contribution < 1.29 is 13.9 Å². The van der Waals surface area contributed by atoms with E-state index < -0.39 is 18.4 Å². The second-order valence-electron chi connectivity index (χ2n) is 4.41. The Morgan fingerprint density at radius 2 is 2.00 bits per heavy atom. The van der Waals surface area contributed by atoms with Crippen LogP contribution in [-0.4, -0.2) is 36.4 Å². The van der Waals surface area contributed by atoms with Gasteiger partial charge in [0.05, 0.1) is 0 Å². The molecule has 90 valence electrons. The summed E-state index contributed by atoms with van der Waals surface area (Å²) < 4.78 is 19.0. The molecule has 0 unspecified atom stereocenters. The van der Waals surface area contributed by atoms with Crippen LogP contribution in [0, 0.1) is 11.8 Å². The lowest BCUT2D eigenvalue weighted by atomic mass is 10.0. The van der Waals surface area contributed by atoms with E-state index in [4.69, 9.17) is 4.74 Å². The summed E-state index contributed by atoms with van der Waals surface area (Å²) in [6.07, 6.45) is 2.69. The van der Waals surface area contributed by atoms with E-state index in [0.717, 1.165) is 6.42 Å². The molecule has 16 heavy (non-hydrogen) atoms. The van der Waals surface area contributed by atoms with Gasteiger partial charge in [0.2, 0.25) is 0 Å². The van der Waals surface area contributed by atoms with Crippen molar-refractivity contribution in [3.63, 3.8) is 0 Å². The molecular formula is C12H18FNO2. The lowest BCUT2D eigenvalue weighted by Gasteiger charge is -2.26. The van der Waals surface area contributed by atoms with Crippen LogP contribution in [0.15, 0.2) is 12.2 Å². The Bertz CT molecular complexity index is 301. The normalized spacial score (nSPS) is 35.4. The van der Waals surface area contributed by atoms with Crippen molar-refractivity contribution in [2.45, 2.75) is 32.5 Å². The van der Waals surface area contributed by atoms with Gasteiger partial charge >= 0.3 is 6.09 Å². The van der Waals surface area contributed by atoms with Crippen LogP contribution in [-0.2, 0) is 4.74 Å². The van der Waals surface area contributed by atoms with E-state index in [-0.39, 0.29) is 11.8 Å². The largest absolute Gasteiger partial charge is 0.442 e. The molecule has 0 heterocycles. The molecule has 0 saturated heterocycles. The Kier molecular flexibility index (Phi) is 3.17. The summed E-state index contributed by atoms with van der Waals surface area (Å²) in [6.45, 7) is 4.97. The fraction of sp³-hybridized carbons (Fsp3) is 0.750. The molecule has 0 aromatic carbocycles. The van der Waals surface area contributed by atoms with Gasteiger partial charge in [-0.05, 0) is 20.3 Å². The minimum Gasteiger partial charge on any atom is -0.442 e. The zero-order valence-corrected chi connectivity index (χ0v) is 9.73. The van der Waals surface area contributed by atoms with Gasteiger partial charge < -0.3 is 9.64 Å². The molecule has 4 heteroatoms. The molecule has 0 N–H and O–H groups in total. The average Bonchev–Trinajstić information content (AvgIpc) is 2.84. The third kappa shape index (κ3) is 1.81. The predicted molar refractivity (Wildman–Crippen MR) is 58.8 cm³/mol. The molecule has 2 aliphatic rings. The molecule has 0 spiro atoms. The summed E-state index contributed by atoms with van der Waals surface area (Å²) in [5.74, 6) is 0.0408. The SMILES string of the molecule is CCN(CC)C(=O)O[C@H]1[C@H](F)[C@@H]2C=C[C@H]1C2. The maximum atomic E-state index is 13.8. The minimum absolute atomic E-state index is 0.0421. The average molecular weight is 227 g/mol. The topological polar surface area (TPSA) is 29.5 Å². The highest BCUT2D eigenvalue weighted by atomic mass is 19.1. The smallest absolute Gasteiger partial charge is 0.410 e. The molecule has 2 rings (SSSR count). The van der Waals surface area contributed by atoms with Gasteiger partial charge in [-0.25, -0.2) is 9.18 Å². The summed E-state index contributed by atoms with van der Waals surface area (Å²) in [6, 6.07) is 0. The summed E-state index contributed by atoms with van der Waals surface area (Å²) in [5.41, 5.74) is 0. The molecule has 1 fully saturated rings. The molecule has 0 radical (unpaired) electrons. The van der Waals surface area contributed by atoms with Gasteiger partial charge in [0.1, 0.15) is 12.3 Å². The van der Waals surface area contributed by atoms with E-state index in [0.29, 0.717) is 13.1 Å². The molecule has 4 atom stereocenters. The third-order valence-corrected chi connectivity index (χ3v) is 3.55. The zero-order valence-electron chi connectivity index (χ0n) is 9.73. The quantitative estimate of drug-likeness (QED) is 0.693. The van der Waals surface area contributed by atoms with E-state index in [2.05, 4.69) is 0 Å². The third-order valence-electron chi connectivity index (χ3n) is 3.55. The number of allylic oxidation sites excluding steroid dienone is 1. The molecule has 2 aliphatic carbocycles. The van der Waals surface area contributed by atoms with Gasteiger partial charge in [-0.1, -0.05) is 12.2 Å². The summed E-state index contributed by atoms with van der Waals surface area (Å²) >= 11 is 0. The molecule has 2 bridgehead atoms. The van der Waals surface area contributed by atoms with Crippen LogP contribution in [0.5, 0.6) is 0 Å². The summed E-state index contributed by atoms with van der Waals surface area (Å²) in [7, 11) is 0. The Labute approximate surface area is 95.3 Å². The van der Waals surface area contributed by atoms with Crippen LogP contribution in [0.3, 0.4) is 0 Å². The molecule has 1 amide bonds. The van der Waals surface area contributed by atoms with Crippen LogP contribution in [0.2, 0.25) is 0 Å². The van der Waals surface area contributed by atoms with Crippen molar-refractivity contribution in [1.82, 2.24) is 4.90 Å². The number of carbonyl (C=O) groups excluding carboxylic acids is 1. The van der Waals surface area contributed by atoms with E-state index >= 15 is 0 Å². The number of nitrogens with zero attached hydrogens (tertiary/aromatic N) is 1. The number of carbonyl (C=O) groups is 1. The Balaban J connectivity index is 1.95. The molecule has 0 aromatic heterocycles. The number of amides is 1. The maximum absolute atomic E-state index is 13.8. The van der Waals surface area contributed by atoms with Crippen molar-refractivity contribution in [1.29, 1.82) is 0 Å². The van der Waals surface area contributed by atoms with Crippen molar-refractivity contribution in [3.05, 3.63) is 12.2 Å². The molecule has 0 aromatic rings. The number of halogens is 1. The lowest BCUT2D eigenvalue weighted by Crippen LogP contribution is -2.38. The minimum atomic E-state index is -1.02. The number of ether oxygens (including phenoxy) is 1. The number of hydrogen-bond acceptors (Lipinski definition) is 2. The first-order chi connectivity index (χ1) is 7.67. The second kappa shape index (κ2) is 4.44. The Hall–Kier alpha value is -1.06. The van der Waals surface area contributed by atoms with Crippen molar-refractivity contribution in [3.8, 4) is 0 Å². The first kappa shape index (κ1) is 11.4. The second-order valence-corrected chi connectivity index (χ2v) is 4.41. The lowest BCUT2D eigenvalue weighted by molar-refractivity contribution is 0.0177. The van der Waals surface area contributed by atoms with Gasteiger partial charge in [0, 0.05) is 24.9 Å². The van der Waals surface area contributed by atoms with E-state index in [1.54, 1.807) is 4.90 Å². The molecule has 0 aliphatic heterocycles. The highest BCUT2D eigenvalue weighted by molar-refractivity contribution is 5.67. The standard InChI is InChI=1S/C12H18FNO2/c1-3-14(4-2)12(15)16-11-9-6-5-8(7-9)10(11)13/h5-6,8-11H,3-4,7H2,1-2H3/t8-,9+,10-,11-/m1/s1. The van der Waals surface area contributed by atoms with Crippen LogP contribution >= 0.6 is 0 Å². The van der Waals surface area contributed by atoms with Gasteiger partial charge in [0.15, 0.2) is 0 Å². The predicted octanol–water partition coefficient (Wildman–Crippen LogP) is 2.38. The zero-order chi connectivity index (χ0) is 11.7. The van der Waals surface area contributed by atoms with E-state index in [9.17, 15) is 9.18 Å². The van der Waals surface area contributed by atoms with Crippen molar-refractivity contribution in [2.24, 2.45) is 11.8 Å². The van der Waals surface area contributed by atoms with Gasteiger partial charge in [-0.3, -0.25) is 0 Å². The van der Waals surface area contributed by atoms with Crippen molar-refractivity contribution >= 4 is 6.09 Å². The summed E-state index contributed by atoms with van der Waals surface area (Å²) in [4.78, 5) is 13.3. The van der Waals surface area contributed by atoms with Gasteiger partial charge in [0.25, 0.3) is 0 Å². The van der Waals surface area contributed by atoms with Crippen LogP contribution in [0.1, 0.15) is 20.3 Å². The molecule has 3 nitrogen and oxygen atoms in total. The van der Waals surface area contributed by atoms with Gasteiger partial charge in [-0.15, -0.1) is 0 Å². The van der Waals surface area contributed by atoms with Crippen LogP contribution in [0.4, 0.5) is 9.18 Å². The molecular weight excluding hydrogens is 209 g/mol. The first-order valence-corrected chi connectivity index (χ1v) is 5.95. The monoisotopic (exact) mass is 227 g/mol. The Morgan fingerprint density at radius 3 is 2.50 bits per heavy atom. The maximum Gasteiger partial charge on any atom is 0.410 e. The van der Waals surface area contributed by atoms with Crippen molar-refractivity contribution in [2.75, 3.05) is 13.1 Å². The Morgan fingerprint density at radius 1 is 1.38 bits per heavy atom. The fourth-order valence-corrected chi connectivity index (χ4v) is 2.54. The van der Waals surface area contributed by atoms with Crippen LogP contribution < -0.4 is 0 Å². The number of rotatable bonds is 3. The number of fused-ring (bicyclic) bond motifs is 2. The number of alkyl halides is 1. The fourth-order valence-electron chi connectivity index (χ4n) is 2.54. The highest BCUT2D eigenvalue weighted by Crippen LogP contribution is 2.42. The van der Waals surface area contributed by atoms with Crippen LogP contribution in [0.25, 0.3) is 0 Å². The van der Waals surface area contributed by atoms with E-state index in [1.807, 2.05) is 26.0 Å². The van der Waals surface area contributed by atoms with Gasteiger partial charge in [-0.2, -0.15) is 0 Å². The molecule has 1 saturated carbocycles. The van der Waals surface area contributed by atoms with E-state index in [1.165, 1.54) is 0 Å². The summed E-state index contributed by atoms with van der Waals surface area (Å²) in [5, 5.41) is 0.